The van der Waals surface area contributed by atoms with Crippen molar-refractivity contribution in [1.29, 1.82) is 0 Å². The van der Waals surface area contributed by atoms with Crippen molar-refractivity contribution in [1.82, 2.24) is 4.90 Å². The summed E-state index contributed by atoms with van der Waals surface area (Å²) in [5.74, 6) is 0.919. The summed E-state index contributed by atoms with van der Waals surface area (Å²) in [5.41, 5.74) is 3.18. The molecule has 0 bridgehead atoms. The van der Waals surface area contributed by atoms with Crippen molar-refractivity contribution >= 4 is 17.3 Å². The van der Waals surface area contributed by atoms with Crippen LogP contribution in [0.3, 0.4) is 0 Å². The number of para-hydroxylation sites is 1. The predicted molar refractivity (Wildman–Crippen MR) is 101 cm³/mol. The van der Waals surface area contributed by atoms with E-state index in [0.29, 0.717) is 6.54 Å². The van der Waals surface area contributed by atoms with Crippen molar-refractivity contribution in [3.8, 4) is 5.75 Å². The quantitative estimate of drug-likeness (QED) is 0.910. The number of piperazine rings is 1. The molecule has 1 aliphatic heterocycles. The Balaban J connectivity index is 1.48. The number of hydrogen-bond acceptors (Lipinski definition) is 4. The summed E-state index contributed by atoms with van der Waals surface area (Å²) in [4.78, 5) is 16.8. The van der Waals surface area contributed by atoms with Crippen LogP contribution < -0.4 is 15.0 Å². The van der Waals surface area contributed by atoms with Gasteiger partial charge in [-0.1, -0.05) is 18.2 Å². The first-order chi connectivity index (χ1) is 12.2. The number of amides is 1. The van der Waals surface area contributed by atoms with Crippen LogP contribution in [0.1, 0.15) is 5.56 Å². The number of anilines is 2. The van der Waals surface area contributed by atoms with Gasteiger partial charge in [-0.2, -0.15) is 0 Å². The highest BCUT2D eigenvalue weighted by Crippen LogP contribution is 2.20. The van der Waals surface area contributed by atoms with E-state index >= 15 is 0 Å². The van der Waals surface area contributed by atoms with Gasteiger partial charge in [0.1, 0.15) is 5.75 Å². The summed E-state index contributed by atoms with van der Waals surface area (Å²) in [6.07, 6.45) is 0. The first-order valence-corrected chi connectivity index (χ1v) is 8.62. The van der Waals surface area contributed by atoms with E-state index in [4.69, 9.17) is 4.74 Å². The molecule has 3 rings (SSSR count). The molecular weight excluding hydrogens is 314 g/mol. The van der Waals surface area contributed by atoms with Gasteiger partial charge in [0.05, 0.1) is 13.7 Å². The number of benzene rings is 2. The van der Waals surface area contributed by atoms with Gasteiger partial charge in [-0.25, -0.2) is 0 Å². The smallest absolute Gasteiger partial charge is 0.238 e. The van der Waals surface area contributed by atoms with Crippen LogP contribution in [0.5, 0.6) is 5.75 Å². The molecule has 0 atom stereocenters. The van der Waals surface area contributed by atoms with Gasteiger partial charge in [-0.15, -0.1) is 0 Å². The van der Waals surface area contributed by atoms with Crippen LogP contribution >= 0.6 is 0 Å². The molecule has 5 nitrogen and oxygen atoms in total. The molecule has 2 aromatic carbocycles. The summed E-state index contributed by atoms with van der Waals surface area (Å²) in [6, 6.07) is 16.0. The molecule has 1 amide bonds. The molecule has 0 spiro atoms. The number of methoxy groups -OCH3 is 1. The van der Waals surface area contributed by atoms with Gasteiger partial charge in [0.15, 0.2) is 0 Å². The Hall–Kier alpha value is -2.53. The lowest BCUT2D eigenvalue weighted by molar-refractivity contribution is -0.117. The van der Waals surface area contributed by atoms with Crippen molar-refractivity contribution in [2.75, 3.05) is 50.1 Å². The van der Waals surface area contributed by atoms with Crippen LogP contribution in [0.4, 0.5) is 11.4 Å². The van der Waals surface area contributed by atoms with Gasteiger partial charge < -0.3 is 15.0 Å². The van der Waals surface area contributed by atoms with Gasteiger partial charge in [0.25, 0.3) is 0 Å². The second-order valence-electron chi connectivity index (χ2n) is 6.32. The average molecular weight is 339 g/mol. The van der Waals surface area contributed by atoms with E-state index in [1.165, 1.54) is 5.69 Å². The standard InChI is InChI=1S/C20H25N3O2/c1-16-5-3-4-6-19(16)21-20(24)15-22-11-13-23(14-12-22)17-7-9-18(25-2)10-8-17/h3-10H,11-15H2,1-2H3,(H,21,24). The molecule has 0 aliphatic carbocycles. The molecule has 0 saturated carbocycles. The van der Waals surface area contributed by atoms with E-state index in [1.807, 2.05) is 43.3 Å². The normalized spacial score (nSPS) is 15.0. The highest BCUT2D eigenvalue weighted by Gasteiger charge is 2.19. The summed E-state index contributed by atoms with van der Waals surface area (Å²) in [7, 11) is 1.68. The summed E-state index contributed by atoms with van der Waals surface area (Å²) >= 11 is 0. The fourth-order valence-corrected chi connectivity index (χ4v) is 3.06. The number of nitrogens with zero attached hydrogens (tertiary/aromatic N) is 2. The van der Waals surface area contributed by atoms with E-state index in [2.05, 4.69) is 27.2 Å². The van der Waals surface area contributed by atoms with Crippen molar-refractivity contribution in [3.05, 3.63) is 54.1 Å². The first-order valence-electron chi connectivity index (χ1n) is 8.62. The molecule has 25 heavy (non-hydrogen) atoms. The Morgan fingerprint density at radius 2 is 1.72 bits per heavy atom. The minimum absolute atomic E-state index is 0.0483. The van der Waals surface area contributed by atoms with Crippen LogP contribution in [-0.4, -0.2) is 50.6 Å². The molecule has 5 heteroatoms. The SMILES string of the molecule is COc1ccc(N2CCN(CC(=O)Nc3ccccc3C)CC2)cc1. The average Bonchev–Trinajstić information content (AvgIpc) is 2.64. The van der Waals surface area contributed by atoms with Gasteiger partial charge in [-0.05, 0) is 42.8 Å². The van der Waals surface area contributed by atoms with Gasteiger partial charge in [0.2, 0.25) is 5.91 Å². The van der Waals surface area contributed by atoms with Crippen LogP contribution in [0.15, 0.2) is 48.5 Å². The monoisotopic (exact) mass is 339 g/mol. The fourth-order valence-electron chi connectivity index (χ4n) is 3.06. The molecule has 1 N–H and O–H groups in total. The third kappa shape index (κ3) is 4.51. The lowest BCUT2D eigenvalue weighted by Crippen LogP contribution is -2.48. The second kappa shape index (κ2) is 8.03. The third-order valence-electron chi connectivity index (χ3n) is 4.60. The first kappa shape index (κ1) is 17.3. The summed E-state index contributed by atoms with van der Waals surface area (Å²) in [6.45, 7) is 6.04. The lowest BCUT2D eigenvalue weighted by Gasteiger charge is -2.35. The van der Waals surface area contributed by atoms with Gasteiger partial charge >= 0.3 is 0 Å². The highest BCUT2D eigenvalue weighted by atomic mass is 16.5. The molecule has 1 heterocycles. The summed E-state index contributed by atoms with van der Waals surface area (Å²) in [5, 5.41) is 3.00. The number of nitrogens with one attached hydrogen (secondary N) is 1. The van der Waals surface area contributed by atoms with E-state index < -0.39 is 0 Å². The Kier molecular flexibility index (Phi) is 5.56. The zero-order valence-corrected chi connectivity index (χ0v) is 14.9. The molecule has 0 radical (unpaired) electrons. The van der Waals surface area contributed by atoms with Crippen molar-refractivity contribution in [3.63, 3.8) is 0 Å². The Bertz CT molecular complexity index is 707. The number of carbonyl (C=O) groups is 1. The van der Waals surface area contributed by atoms with Crippen LogP contribution in [0.2, 0.25) is 0 Å². The van der Waals surface area contributed by atoms with Crippen LogP contribution in [0, 0.1) is 6.92 Å². The van der Waals surface area contributed by atoms with E-state index in [1.54, 1.807) is 7.11 Å². The zero-order chi connectivity index (χ0) is 17.6. The maximum absolute atomic E-state index is 12.3. The highest BCUT2D eigenvalue weighted by molar-refractivity contribution is 5.92. The largest absolute Gasteiger partial charge is 0.497 e. The van der Waals surface area contributed by atoms with Crippen molar-refractivity contribution in [2.45, 2.75) is 6.92 Å². The number of rotatable bonds is 5. The molecule has 0 aromatic heterocycles. The van der Waals surface area contributed by atoms with Gasteiger partial charge in [0, 0.05) is 37.6 Å². The number of ether oxygens (including phenoxy) is 1. The number of hydrogen-bond donors (Lipinski definition) is 1. The van der Waals surface area contributed by atoms with E-state index in [0.717, 1.165) is 43.2 Å². The maximum atomic E-state index is 12.3. The van der Waals surface area contributed by atoms with Crippen molar-refractivity contribution < 1.29 is 9.53 Å². The predicted octanol–water partition coefficient (Wildman–Crippen LogP) is 2.76. The lowest BCUT2D eigenvalue weighted by atomic mass is 10.2. The summed E-state index contributed by atoms with van der Waals surface area (Å²) < 4.78 is 5.20. The molecule has 0 unspecified atom stereocenters. The minimum atomic E-state index is 0.0483. The topological polar surface area (TPSA) is 44.8 Å². The number of carbonyl (C=O) groups excluding carboxylic acids is 1. The fraction of sp³-hybridized carbons (Fsp3) is 0.350. The Labute approximate surface area is 149 Å². The molecule has 2 aromatic rings. The maximum Gasteiger partial charge on any atom is 0.238 e. The van der Waals surface area contributed by atoms with E-state index in [-0.39, 0.29) is 5.91 Å². The number of aryl methyl sites for hydroxylation is 1. The molecule has 1 aliphatic rings. The minimum Gasteiger partial charge on any atom is -0.497 e. The van der Waals surface area contributed by atoms with E-state index in [9.17, 15) is 4.79 Å². The van der Waals surface area contributed by atoms with Crippen LogP contribution in [0.25, 0.3) is 0 Å². The Morgan fingerprint density at radius 1 is 1.04 bits per heavy atom. The molecule has 132 valence electrons. The van der Waals surface area contributed by atoms with Crippen LogP contribution in [-0.2, 0) is 4.79 Å². The van der Waals surface area contributed by atoms with Crippen molar-refractivity contribution in [2.24, 2.45) is 0 Å². The molecular formula is C20H25N3O2. The zero-order valence-electron chi connectivity index (χ0n) is 14.9. The molecule has 1 fully saturated rings. The third-order valence-corrected chi connectivity index (χ3v) is 4.60. The second-order valence-corrected chi connectivity index (χ2v) is 6.32. The molecule has 1 saturated heterocycles. The van der Waals surface area contributed by atoms with Gasteiger partial charge in [-0.3, -0.25) is 9.69 Å². The Morgan fingerprint density at radius 3 is 2.36 bits per heavy atom.